The first-order valence-corrected chi connectivity index (χ1v) is 6.42. The number of hydrogen-bond donors (Lipinski definition) is 0. The maximum Gasteiger partial charge on any atom is 0.419 e. The van der Waals surface area contributed by atoms with Crippen LogP contribution in [0.5, 0.6) is 0 Å². The van der Waals surface area contributed by atoms with Crippen LogP contribution in [0, 0.1) is 6.92 Å². The van der Waals surface area contributed by atoms with Gasteiger partial charge >= 0.3 is 12.3 Å². The van der Waals surface area contributed by atoms with E-state index in [9.17, 15) is 18.0 Å². The summed E-state index contributed by atoms with van der Waals surface area (Å²) in [6, 6.07) is 3.77. The van der Waals surface area contributed by atoms with Crippen molar-refractivity contribution >= 4 is 17.0 Å². The Kier molecular flexibility index (Phi) is 3.51. The Hall–Kier alpha value is -1.98. The van der Waals surface area contributed by atoms with Crippen molar-refractivity contribution in [2.75, 3.05) is 0 Å². The van der Waals surface area contributed by atoms with Crippen molar-refractivity contribution in [2.45, 2.75) is 39.5 Å². The van der Waals surface area contributed by atoms with E-state index in [1.165, 1.54) is 18.3 Å². The number of nitrogens with zero attached hydrogens (tertiary/aromatic N) is 1. The maximum atomic E-state index is 13.1. The average Bonchev–Trinajstić information content (AvgIpc) is 2.64. The molecule has 6 heteroatoms. The second-order valence-corrected chi connectivity index (χ2v) is 5.86. The molecular formula is C15H16F3NO2. The van der Waals surface area contributed by atoms with E-state index in [1.807, 2.05) is 0 Å². The van der Waals surface area contributed by atoms with Crippen LogP contribution in [0.3, 0.4) is 0 Å². The molecule has 0 fully saturated rings. The molecule has 0 unspecified atom stereocenters. The lowest BCUT2D eigenvalue weighted by Crippen LogP contribution is -2.26. The minimum atomic E-state index is -4.47. The number of aromatic nitrogens is 1. The molecular weight excluding hydrogens is 283 g/mol. The third-order valence-electron chi connectivity index (χ3n) is 2.91. The van der Waals surface area contributed by atoms with Crippen LogP contribution in [0.2, 0.25) is 0 Å². The number of halogens is 3. The standard InChI is InChI=1S/C15H16F3NO2/c1-9-8-19(13(20)21-14(2,3)4)11-7-5-6-10(12(9)11)15(16,17)18/h5-8H,1-4H3. The molecule has 2 aromatic rings. The molecule has 3 nitrogen and oxygen atoms in total. The van der Waals surface area contributed by atoms with Crippen LogP contribution in [-0.2, 0) is 10.9 Å². The Morgan fingerprint density at radius 1 is 1.19 bits per heavy atom. The highest BCUT2D eigenvalue weighted by molar-refractivity contribution is 5.94. The highest BCUT2D eigenvalue weighted by Gasteiger charge is 2.34. The molecule has 0 aliphatic carbocycles. The molecule has 0 N–H and O–H groups in total. The van der Waals surface area contributed by atoms with Crippen molar-refractivity contribution in [3.05, 3.63) is 35.5 Å². The Labute approximate surface area is 120 Å². The lowest BCUT2D eigenvalue weighted by molar-refractivity contribution is -0.136. The van der Waals surface area contributed by atoms with E-state index in [0.717, 1.165) is 10.6 Å². The fraction of sp³-hybridized carbons (Fsp3) is 0.400. The lowest BCUT2D eigenvalue weighted by atomic mass is 10.1. The molecule has 0 amide bonds. The predicted octanol–water partition coefficient (Wildman–Crippen LogP) is 4.75. The first-order valence-electron chi connectivity index (χ1n) is 6.42. The molecule has 0 bridgehead atoms. The van der Waals surface area contributed by atoms with Crippen molar-refractivity contribution in [1.29, 1.82) is 0 Å². The van der Waals surface area contributed by atoms with Crippen LogP contribution in [0.15, 0.2) is 24.4 Å². The van der Waals surface area contributed by atoms with Gasteiger partial charge in [-0.2, -0.15) is 13.2 Å². The molecule has 0 aliphatic heterocycles. The average molecular weight is 299 g/mol. The molecule has 21 heavy (non-hydrogen) atoms. The molecule has 0 spiro atoms. The maximum absolute atomic E-state index is 13.1. The van der Waals surface area contributed by atoms with E-state index in [1.54, 1.807) is 27.7 Å². The van der Waals surface area contributed by atoms with Gasteiger partial charge in [0.05, 0.1) is 11.1 Å². The zero-order valence-electron chi connectivity index (χ0n) is 12.2. The fourth-order valence-electron chi connectivity index (χ4n) is 2.18. The highest BCUT2D eigenvalue weighted by Crippen LogP contribution is 2.37. The molecule has 1 aromatic carbocycles. The molecule has 0 saturated heterocycles. The van der Waals surface area contributed by atoms with Gasteiger partial charge in [-0.25, -0.2) is 4.79 Å². The fourth-order valence-corrected chi connectivity index (χ4v) is 2.18. The summed E-state index contributed by atoms with van der Waals surface area (Å²) >= 11 is 0. The van der Waals surface area contributed by atoms with Crippen molar-refractivity contribution < 1.29 is 22.7 Å². The first-order chi connectivity index (χ1) is 9.50. The number of rotatable bonds is 0. The second-order valence-electron chi connectivity index (χ2n) is 5.86. The highest BCUT2D eigenvalue weighted by atomic mass is 19.4. The second kappa shape index (κ2) is 4.79. The van der Waals surface area contributed by atoms with Gasteiger partial charge in [-0.3, -0.25) is 4.57 Å². The molecule has 0 radical (unpaired) electrons. The SMILES string of the molecule is Cc1cn(C(=O)OC(C)(C)C)c2cccc(C(F)(F)F)c12. The summed E-state index contributed by atoms with van der Waals surface area (Å²) in [5.74, 6) is 0. The summed E-state index contributed by atoms with van der Waals surface area (Å²) in [6.45, 7) is 6.64. The van der Waals surface area contributed by atoms with E-state index < -0.39 is 23.4 Å². The number of carbonyl (C=O) groups is 1. The van der Waals surface area contributed by atoms with Gasteiger partial charge in [-0.05, 0) is 45.4 Å². The van der Waals surface area contributed by atoms with Gasteiger partial charge in [0.1, 0.15) is 5.60 Å². The Morgan fingerprint density at radius 3 is 2.33 bits per heavy atom. The molecule has 114 valence electrons. The number of ether oxygens (including phenoxy) is 1. The van der Waals surface area contributed by atoms with E-state index in [-0.39, 0.29) is 10.9 Å². The topological polar surface area (TPSA) is 31.2 Å². The van der Waals surface area contributed by atoms with Gasteiger partial charge in [0.2, 0.25) is 0 Å². The molecule has 0 aliphatic rings. The van der Waals surface area contributed by atoms with E-state index in [4.69, 9.17) is 4.74 Å². The van der Waals surface area contributed by atoms with Gasteiger partial charge in [0.25, 0.3) is 0 Å². The van der Waals surface area contributed by atoms with E-state index in [2.05, 4.69) is 0 Å². The van der Waals surface area contributed by atoms with Crippen molar-refractivity contribution in [3.63, 3.8) is 0 Å². The van der Waals surface area contributed by atoms with Gasteiger partial charge in [0, 0.05) is 11.6 Å². The third-order valence-corrected chi connectivity index (χ3v) is 2.91. The lowest BCUT2D eigenvalue weighted by Gasteiger charge is -2.19. The van der Waals surface area contributed by atoms with Gasteiger partial charge in [-0.1, -0.05) is 6.07 Å². The molecule has 2 rings (SSSR count). The predicted molar refractivity (Wildman–Crippen MR) is 73.3 cm³/mol. The largest absolute Gasteiger partial charge is 0.443 e. The van der Waals surface area contributed by atoms with E-state index >= 15 is 0 Å². The van der Waals surface area contributed by atoms with Gasteiger partial charge < -0.3 is 4.74 Å². The summed E-state index contributed by atoms with van der Waals surface area (Å²) in [5, 5.41) is 0.0239. The van der Waals surface area contributed by atoms with Gasteiger partial charge in [-0.15, -0.1) is 0 Å². The van der Waals surface area contributed by atoms with Crippen molar-refractivity contribution in [3.8, 4) is 0 Å². The van der Waals surface area contributed by atoms with Crippen LogP contribution < -0.4 is 0 Å². The molecule has 0 saturated carbocycles. The third kappa shape index (κ3) is 3.04. The van der Waals surface area contributed by atoms with Crippen LogP contribution >= 0.6 is 0 Å². The van der Waals surface area contributed by atoms with Crippen molar-refractivity contribution in [1.82, 2.24) is 4.57 Å². The zero-order valence-corrected chi connectivity index (χ0v) is 12.2. The van der Waals surface area contributed by atoms with Crippen LogP contribution in [0.1, 0.15) is 31.9 Å². The number of carbonyl (C=O) groups excluding carboxylic acids is 1. The number of alkyl halides is 3. The monoisotopic (exact) mass is 299 g/mol. The summed E-state index contributed by atoms with van der Waals surface area (Å²) < 4.78 is 45.5. The summed E-state index contributed by atoms with van der Waals surface area (Å²) in [4.78, 5) is 12.1. The van der Waals surface area contributed by atoms with Crippen LogP contribution in [0.25, 0.3) is 10.9 Å². The molecule has 1 heterocycles. The number of benzene rings is 1. The smallest absolute Gasteiger partial charge is 0.419 e. The Bertz CT molecular complexity index is 693. The quantitative estimate of drug-likeness (QED) is 0.703. The minimum absolute atomic E-state index is 0.0239. The Morgan fingerprint density at radius 2 is 1.81 bits per heavy atom. The van der Waals surface area contributed by atoms with Crippen LogP contribution in [-0.4, -0.2) is 16.3 Å². The zero-order chi connectivity index (χ0) is 16.0. The molecule has 0 atom stereocenters. The normalized spacial score (nSPS) is 12.7. The summed E-state index contributed by atoms with van der Waals surface area (Å²) in [5.41, 5.74) is -0.899. The number of aryl methyl sites for hydroxylation is 1. The summed E-state index contributed by atoms with van der Waals surface area (Å²) in [6.07, 6.45) is -3.79. The van der Waals surface area contributed by atoms with Gasteiger partial charge in [0.15, 0.2) is 0 Å². The number of hydrogen-bond acceptors (Lipinski definition) is 2. The summed E-state index contributed by atoms with van der Waals surface area (Å²) in [7, 11) is 0. The number of fused-ring (bicyclic) bond motifs is 1. The van der Waals surface area contributed by atoms with Crippen LogP contribution in [0.4, 0.5) is 18.0 Å². The molecule has 1 aromatic heterocycles. The Balaban J connectivity index is 2.62. The van der Waals surface area contributed by atoms with E-state index in [0.29, 0.717) is 5.56 Å². The first kappa shape index (κ1) is 15.4. The van der Waals surface area contributed by atoms with Crippen molar-refractivity contribution in [2.24, 2.45) is 0 Å². The minimum Gasteiger partial charge on any atom is -0.443 e.